The predicted molar refractivity (Wildman–Crippen MR) is 227 cm³/mol. The quantitative estimate of drug-likeness (QED) is 0.0144. The average molecular weight is 836 g/mol. The Balaban J connectivity index is -0.000000641. The van der Waals surface area contributed by atoms with E-state index in [9.17, 15) is 24.5 Å². The fourth-order valence-corrected chi connectivity index (χ4v) is 4.03. The minimum Gasteiger partial charge on any atom is -0.493 e. The largest absolute Gasteiger partial charge is 0.493 e. The van der Waals surface area contributed by atoms with Gasteiger partial charge in [-0.1, -0.05) is 55.4 Å². The van der Waals surface area contributed by atoms with Crippen molar-refractivity contribution in [3.8, 4) is 11.5 Å². The molecule has 1 rings (SSSR count). The molecule has 9 N–H and O–H groups in total. The molecule has 0 heterocycles. The second-order valence-electron chi connectivity index (χ2n) is 11.4. The van der Waals surface area contributed by atoms with Gasteiger partial charge >= 0.3 is 12.1 Å². The lowest BCUT2D eigenvalue weighted by molar-refractivity contribution is -0.386. The lowest BCUT2D eigenvalue weighted by atomic mass is 10.1. The van der Waals surface area contributed by atoms with Gasteiger partial charge in [0.05, 0.1) is 76.5 Å². The Bertz CT molecular complexity index is 1180. The van der Waals surface area contributed by atoms with E-state index in [1.807, 2.05) is 55.4 Å². The first-order chi connectivity index (χ1) is 27.9. The van der Waals surface area contributed by atoms with Crippen molar-refractivity contribution in [1.29, 1.82) is 0 Å². The summed E-state index contributed by atoms with van der Waals surface area (Å²) in [6.07, 6.45) is 0.574. The van der Waals surface area contributed by atoms with E-state index in [1.165, 1.54) is 26.2 Å². The molecule has 0 aliphatic carbocycles. The monoisotopic (exact) mass is 836 g/mol. The highest BCUT2D eigenvalue weighted by Gasteiger charge is 2.28. The number of aliphatic imine (C=N–C) groups is 1. The van der Waals surface area contributed by atoms with Crippen molar-refractivity contribution < 1.29 is 52.5 Å². The van der Waals surface area contributed by atoms with Gasteiger partial charge in [-0.25, -0.2) is 9.59 Å². The SMILES string of the molecule is CC.CC.CC.COc1cc(C(C)OC(=O)NC(CCCN=C(N)N)C(=O)OCCC(C)C)c([N+](=O)[O-])cc1OCCCC=O.NCCOCCOCCOCCN. The summed E-state index contributed by atoms with van der Waals surface area (Å²) in [5.41, 5.74) is 20.8. The molecule has 58 heavy (non-hydrogen) atoms. The molecule has 0 saturated carbocycles. The Hall–Kier alpha value is -4.30. The number of esters is 1. The van der Waals surface area contributed by atoms with Gasteiger partial charge in [-0.2, -0.15) is 0 Å². The standard InChI is InChI=1S/C25H39N5O9.C8H20N2O3.3C2H6/c1-16(2)9-13-38-23(32)19(8-7-10-28-24(26)27)29-25(33)39-17(3)18-14-21(36-4)22(15-20(18)30(34)35)37-12-6-5-11-31;9-1-3-11-5-7-13-8-6-12-4-2-10;3*1-2/h11,14-17,19H,5-10,12-13H2,1-4H3,(H,29,33)(H4,26,27,28);1-10H2;3*1-2H3. The minimum absolute atomic E-state index is 0.0519. The number of nitrogens with zero attached hydrogens (tertiary/aromatic N) is 2. The number of nitro groups is 1. The summed E-state index contributed by atoms with van der Waals surface area (Å²) in [5.74, 6) is -0.127. The van der Waals surface area contributed by atoms with E-state index >= 15 is 0 Å². The maximum Gasteiger partial charge on any atom is 0.408 e. The number of alkyl carbamates (subject to hydrolysis) is 1. The maximum atomic E-state index is 12.7. The number of unbranched alkanes of at least 4 members (excludes halogenated alkanes) is 1. The van der Waals surface area contributed by atoms with E-state index in [1.54, 1.807) is 0 Å². The third-order valence-electron chi connectivity index (χ3n) is 6.69. The number of carbonyl (C=O) groups excluding carboxylic acids is 3. The second kappa shape index (κ2) is 43.8. The third kappa shape index (κ3) is 33.8. The van der Waals surface area contributed by atoms with Crippen LogP contribution in [0.2, 0.25) is 0 Å². The molecule has 19 nitrogen and oxygen atoms in total. The van der Waals surface area contributed by atoms with Crippen molar-refractivity contribution in [2.75, 3.05) is 79.6 Å². The van der Waals surface area contributed by atoms with Crippen molar-refractivity contribution in [3.63, 3.8) is 0 Å². The number of methoxy groups -OCH3 is 1. The number of hydrogen-bond acceptors (Lipinski definition) is 15. The number of nitrogens with one attached hydrogen (secondary N) is 1. The van der Waals surface area contributed by atoms with Gasteiger partial charge in [0.1, 0.15) is 18.4 Å². The zero-order valence-electron chi connectivity index (χ0n) is 36.9. The molecule has 0 fully saturated rings. The van der Waals surface area contributed by atoms with Crippen molar-refractivity contribution in [1.82, 2.24) is 5.32 Å². The number of nitro benzene ring substituents is 1. The summed E-state index contributed by atoms with van der Waals surface area (Å²) < 4.78 is 36.9. The molecular formula is C39H77N7O12. The first-order valence-electron chi connectivity index (χ1n) is 20.2. The molecule has 340 valence electrons. The molecule has 1 amide bonds. The van der Waals surface area contributed by atoms with E-state index < -0.39 is 29.1 Å². The smallest absolute Gasteiger partial charge is 0.408 e. The highest BCUT2D eigenvalue weighted by Crippen LogP contribution is 2.38. The fraction of sp³-hybridized carbons (Fsp3) is 0.744. The van der Waals surface area contributed by atoms with Gasteiger partial charge in [0.15, 0.2) is 17.5 Å². The maximum absolute atomic E-state index is 12.7. The summed E-state index contributed by atoms with van der Waals surface area (Å²) in [6, 6.07) is 1.47. The van der Waals surface area contributed by atoms with Gasteiger partial charge in [0, 0.05) is 26.1 Å². The number of carbonyl (C=O) groups is 3. The number of rotatable bonds is 28. The molecule has 2 atom stereocenters. The molecule has 0 aliphatic heterocycles. The summed E-state index contributed by atoms with van der Waals surface area (Å²) in [4.78, 5) is 50.8. The van der Waals surface area contributed by atoms with Crippen LogP contribution in [0.1, 0.15) is 106 Å². The Kier molecular flexibility index (Phi) is 45.6. The number of ether oxygens (including phenoxy) is 7. The highest BCUT2D eigenvalue weighted by molar-refractivity contribution is 5.81. The van der Waals surface area contributed by atoms with Gasteiger partial charge < -0.3 is 66.2 Å². The molecule has 0 radical (unpaired) electrons. The zero-order valence-corrected chi connectivity index (χ0v) is 36.9. The van der Waals surface area contributed by atoms with Crippen LogP contribution in [-0.4, -0.2) is 115 Å². The second-order valence-corrected chi connectivity index (χ2v) is 11.4. The molecule has 2 unspecified atom stereocenters. The van der Waals surface area contributed by atoms with Gasteiger partial charge in [-0.3, -0.25) is 15.1 Å². The van der Waals surface area contributed by atoms with Gasteiger partial charge in [0.25, 0.3) is 5.69 Å². The fourth-order valence-electron chi connectivity index (χ4n) is 4.03. The Morgan fingerprint density at radius 1 is 0.828 bits per heavy atom. The average Bonchev–Trinajstić information content (AvgIpc) is 3.21. The van der Waals surface area contributed by atoms with Crippen LogP contribution < -0.4 is 37.7 Å². The normalized spacial score (nSPS) is 10.8. The Labute approximate surface area is 346 Å². The molecular weight excluding hydrogens is 758 g/mol. The third-order valence-corrected chi connectivity index (χ3v) is 6.69. The molecule has 1 aromatic carbocycles. The van der Waals surface area contributed by atoms with E-state index in [2.05, 4.69) is 10.3 Å². The Morgan fingerprint density at radius 3 is 1.84 bits per heavy atom. The van der Waals surface area contributed by atoms with Crippen LogP contribution in [0.25, 0.3) is 0 Å². The molecule has 0 saturated heterocycles. The van der Waals surface area contributed by atoms with Gasteiger partial charge in [0.2, 0.25) is 0 Å². The molecule has 0 bridgehead atoms. The van der Waals surface area contributed by atoms with E-state index in [0.717, 1.165) is 6.29 Å². The number of aldehydes is 1. The lowest BCUT2D eigenvalue weighted by Crippen LogP contribution is -2.42. The van der Waals surface area contributed by atoms with Crippen LogP contribution >= 0.6 is 0 Å². The Morgan fingerprint density at radius 2 is 1.38 bits per heavy atom. The summed E-state index contributed by atoms with van der Waals surface area (Å²) in [7, 11) is 1.36. The highest BCUT2D eigenvalue weighted by atomic mass is 16.6. The summed E-state index contributed by atoms with van der Waals surface area (Å²) in [6.45, 7) is 22.6. The molecule has 0 aliphatic rings. The van der Waals surface area contributed by atoms with Crippen LogP contribution in [0.3, 0.4) is 0 Å². The summed E-state index contributed by atoms with van der Waals surface area (Å²) >= 11 is 0. The first-order valence-corrected chi connectivity index (χ1v) is 20.2. The number of hydrogen-bond donors (Lipinski definition) is 5. The van der Waals surface area contributed by atoms with Crippen molar-refractivity contribution in [2.24, 2.45) is 33.8 Å². The lowest BCUT2D eigenvalue weighted by Gasteiger charge is -2.20. The van der Waals surface area contributed by atoms with Crippen molar-refractivity contribution >= 4 is 30.0 Å². The number of guanidine groups is 1. The van der Waals surface area contributed by atoms with E-state index in [0.29, 0.717) is 77.9 Å². The van der Waals surface area contributed by atoms with Crippen LogP contribution in [0.5, 0.6) is 11.5 Å². The molecule has 0 aromatic heterocycles. The van der Waals surface area contributed by atoms with E-state index in [-0.39, 0.29) is 61.3 Å². The van der Waals surface area contributed by atoms with Crippen LogP contribution in [-0.2, 0) is 33.3 Å². The van der Waals surface area contributed by atoms with Crippen LogP contribution in [0.15, 0.2) is 17.1 Å². The van der Waals surface area contributed by atoms with E-state index in [4.69, 9.17) is 56.1 Å². The molecule has 1 aromatic rings. The molecule has 0 spiro atoms. The predicted octanol–water partition coefficient (Wildman–Crippen LogP) is 4.79. The van der Waals surface area contributed by atoms with Crippen LogP contribution in [0, 0.1) is 16.0 Å². The van der Waals surface area contributed by atoms with Crippen molar-refractivity contribution in [3.05, 3.63) is 27.8 Å². The minimum atomic E-state index is -1.09. The van der Waals surface area contributed by atoms with Crippen molar-refractivity contribution in [2.45, 2.75) is 107 Å². The van der Waals surface area contributed by atoms with Gasteiger partial charge in [-0.15, -0.1) is 0 Å². The summed E-state index contributed by atoms with van der Waals surface area (Å²) in [5, 5.41) is 14.2. The number of amides is 1. The number of benzene rings is 1. The first kappa shape index (κ1) is 60.4. The van der Waals surface area contributed by atoms with Crippen LogP contribution in [0.4, 0.5) is 10.5 Å². The molecule has 19 heteroatoms. The topological polar surface area (TPSA) is 287 Å². The zero-order chi connectivity index (χ0) is 45.1. The van der Waals surface area contributed by atoms with Gasteiger partial charge in [-0.05, 0) is 44.6 Å². The number of nitrogens with two attached hydrogens (primary N) is 4.